The third-order valence-corrected chi connectivity index (χ3v) is 4.72. The summed E-state index contributed by atoms with van der Waals surface area (Å²) in [5, 5.41) is 22.7. The van der Waals surface area contributed by atoms with E-state index in [1.165, 1.54) is 6.26 Å². The summed E-state index contributed by atoms with van der Waals surface area (Å²) < 4.78 is 5.12. The maximum absolute atomic E-state index is 11.1. The van der Waals surface area contributed by atoms with Crippen molar-refractivity contribution in [3.05, 3.63) is 12.8 Å². The molecule has 2 amide bonds. The minimum absolute atomic E-state index is 0.233. The van der Waals surface area contributed by atoms with E-state index in [1.54, 1.807) is 0 Å². The van der Waals surface area contributed by atoms with Gasteiger partial charge in [-0.05, 0) is 51.4 Å². The number of carbonyl (C=O) groups is 2. The Morgan fingerprint density at radius 3 is 2.12 bits per heavy atom. The van der Waals surface area contributed by atoms with E-state index in [2.05, 4.69) is 24.1 Å². The predicted octanol–water partition coefficient (Wildman–Crippen LogP) is 3.81. The predicted molar refractivity (Wildman–Crippen MR) is 93.2 cm³/mol. The second kappa shape index (κ2) is 10.8. The number of carboxylic acid groups (broad SMARTS) is 2. The van der Waals surface area contributed by atoms with Gasteiger partial charge in [0.25, 0.3) is 0 Å². The Kier molecular flexibility index (Phi) is 9.92. The summed E-state index contributed by atoms with van der Waals surface area (Å²) >= 11 is 0. The molecule has 0 bridgehead atoms. The van der Waals surface area contributed by atoms with Gasteiger partial charge in [0, 0.05) is 12.1 Å². The second-order valence-electron chi connectivity index (χ2n) is 6.80. The van der Waals surface area contributed by atoms with Crippen molar-refractivity contribution < 1.29 is 24.5 Å². The lowest BCUT2D eigenvalue weighted by Crippen LogP contribution is -2.54. The summed E-state index contributed by atoms with van der Waals surface area (Å²) in [4.78, 5) is 21.6. The molecule has 0 saturated heterocycles. The highest BCUT2D eigenvalue weighted by molar-refractivity contribution is 5.65. The Balaban J connectivity index is 4.64. The molecule has 0 aromatic carbocycles. The lowest BCUT2D eigenvalue weighted by Gasteiger charge is -2.45. The monoisotopic (exact) mass is 344 g/mol. The highest BCUT2D eigenvalue weighted by Crippen LogP contribution is 2.41. The summed E-state index contributed by atoms with van der Waals surface area (Å²) in [6.07, 6.45) is 4.38. The summed E-state index contributed by atoms with van der Waals surface area (Å²) in [6, 6.07) is 0. The average molecular weight is 344 g/mol. The van der Waals surface area contributed by atoms with E-state index in [-0.39, 0.29) is 5.41 Å². The van der Waals surface area contributed by atoms with Crippen LogP contribution in [-0.2, 0) is 4.74 Å². The second-order valence-corrected chi connectivity index (χ2v) is 6.80. The molecule has 7 heteroatoms. The van der Waals surface area contributed by atoms with E-state index >= 15 is 0 Å². The van der Waals surface area contributed by atoms with Crippen LogP contribution in [0, 0.1) is 5.41 Å². The number of nitrogens with one attached hydrogen (secondary N) is 2. The van der Waals surface area contributed by atoms with E-state index in [9.17, 15) is 9.59 Å². The number of rotatable bonds is 13. The summed E-state index contributed by atoms with van der Waals surface area (Å²) in [7, 11) is 0. The van der Waals surface area contributed by atoms with E-state index in [0.29, 0.717) is 13.2 Å². The number of ether oxygens (including phenoxy) is 1. The number of amides is 2. The van der Waals surface area contributed by atoms with E-state index in [1.807, 2.05) is 13.8 Å². The molecule has 0 rings (SSSR count). The van der Waals surface area contributed by atoms with Crippen molar-refractivity contribution >= 4 is 12.2 Å². The van der Waals surface area contributed by atoms with Crippen LogP contribution in [0.4, 0.5) is 9.59 Å². The fourth-order valence-electron chi connectivity index (χ4n) is 2.79. The molecule has 1 unspecified atom stereocenters. The fraction of sp³-hybridized carbons (Fsp3) is 0.765. The Bertz CT molecular complexity index is 412. The Labute approximate surface area is 144 Å². The normalized spacial score (nSPS) is 13.6. The molecule has 7 nitrogen and oxygen atoms in total. The van der Waals surface area contributed by atoms with Crippen LogP contribution in [0.25, 0.3) is 0 Å². The minimum atomic E-state index is -1.03. The summed E-state index contributed by atoms with van der Waals surface area (Å²) in [6.45, 7) is 10.4. The van der Waals surface area contributed by atoms with Crippen molar-refractivity contribution in [2.45, 2.75) is 64.8 Å². The van der Waals surface area contributed by atoms with Gasteiger partial charge < -0.3 is 25.6 Å². The van der Waals surface area contributed by atoms with Gasteiger partial charge >= 0.3 is 12.2 Å². The Morgan fingerprint density at radius 2 is 1.62 bits per heavy atom. The molecule has 0 aliphatic heterocycles. The SMILES string of the molecule is C=COCCCCC(C)(CCCCNC(=O)O)C(C)(C)NC(=O)O. The molecule has 0 heterocycles. The summed E-state index contributed by atoms with van der Waals surface area (Å²) in [5.41, 5.74) is -0.818. The van der Waals surface area contributed by atoms with Gasteiger partial charge in [0.15, 0.2) is 0 Å². The first kappa shape index (κ1) is 22.1. The lowest BCUT2D eigenvalue weighted by atomic mass is 9.66. The quantitative estimate of drug-likeness (QED) is 0.300. The minimum Gasteiger partial charge on any atom is -0.502 e. The van der Waals surface area contributed by atoms with Crippen LogP contribution in [0.3, 0.4) is 0 Å². The van der Waals surface area contributed by atoms with Crippen LogP contribution < -0.4 is 10.6 Å². The van der Waals surface area contributed by atoms with Gasteiger partial charge in [-0.2, -0.15) is 0 Å². The number of hydrogen-bond acceptors (Lipinski definition) is 3. The van der Waals surface area contributed by atoms with Gasteiger partial charge in [-0.25, -0.2) is 9.59 Å². The zero-order valence-corrected chi connectivity index (χ0v) is 15.1. The smallest absolute Gasteiger partial charge is 0.405 e. The molecule has 0 aliphatic rings. The molecule has 0 spiro atoms. The Morgan fingerprint density at radius 1 is 1.04 bits per heavy atom. The molecule has 0 fully saturated rings. The van der Waals surface area contributed by atoms with Crippen molar-refractivity contribution in [1.29, 1.82) is 0 Å². The molecular weight excluding hydrogens is 312 g/mol. The van der Waals surface area contributed by atoms with E-state index in [4.69, 9.17) is 14.9 Å². The van der Waals surface area contributed by atoms with Crippen molar-refractivity contribution in [1.82, 2.24) is 10.6 Å². The van der Waals surface area contributed by atoms with Crippen LogP contribution in [0.5, 0.6) is 0 Å². The van der Waals surface area contributed by atoms with Crippen LogP contribution in [-0.4, -0.2) is 41.1 Å². The van der Waals surface area contributed by atoms with Gasteiger partial charge in [-0.15, -0.1) is 0 Å². The van der Waals surface area contributed by atoms with Crippen molar-refractivity contribution in [2.75, 3.05) is 13.2 Å². The molecule has 1 atom stereocenters. The van der Waals surface area contributed by atoms with Crippen LogP contribution in [0.15, 0.2) is 12.8 Å². The first-order valence-electron chi connectivity index (χ1n) is 8.35. The lowest BCUT2D eigenvalue weighted by molar-refractivity contribution is 0.0918. The standard InChI is InChI=1S/C17H32N2O5/c1-5-24-13-9-7-11-17(4,16(2,3)19-15(22)23)10-6-8-12-18-14(20)21/h5,18-19H,1,6-13H2,2-4H3,(H,20,21)(H,22,23). The van der Waals surface area contributed by atoms with Crippen LogP contribution in [0.1, 0.15) is 59.3 Å². The Hall–Kier alpha value is -1.92. The maximum atomic E-state index is 11.1. The molecule has 4 N–H and O–H groups in total. The molecule has 0 aliphatic carbocycles. The largest absolute Gasteiger partial charge is 0.502 e. The van der Waals surface area contributed by atoms with Gasteiger partial charge in [0.05, 0.1) is 12.9 Å². The van der Waals surface area contributed by atoms with Crippen molar-refractivity contribution in [2.24, 2.45) is 5.41 Å². The maximum Gasteiger partial charge on any atom is 0.405 e. The fourth-order valence-corrected chi connectivity index (χ4v) is 2.79. The molecule has 0 aromatic heterocycles. The molecule has 0 radical (unpaired) electrons. The first-order valence-corrected chi connectivity index (χ1v) is 8.35. The first-order chi connectivity index (χ1) is 11.1. The third kappa shape index (κ3) is 8.64. The van der Waals surface area contributed by atoms with Crippen LogP contribution in [0.2, 0.25) is 0 Å². The van der Waals surface area contributed by atoms with E-state index < -0.39 is 17.7 Å². The van der Waals surface area contributed by atoms with Crippen molar-refractivity contribution in [3.8, 4) is 0 Å². The van der Waals surface area contributed by atoms with Gasteiger partial charge in [0.1, 0.15) is 0 Å². The highest BCUT2D eigenvalue weighted by atomic mass is 16.5. The van der Waals surface area contributed by atoms with Crippen molar-refractivity contribution in [3.63, 3.8) is 0 Å². The van der Waals surface area contributed by atoms with Crippen LogP contribution >= 0.6 is 0 Å². The average Bonchev–Trinajstić information content (AvgIpc) is 2.44. The zero-order chi connectivity index (χ0) is 18.6. The zero-order valence-electron chi connectivity index (χ0n) is 15.1. The molecule has 24 heavy (non-hydrogen) atoms. The number of hydrogen-bond donors (Lipinski definition) is 4. The molecule has 0 aromatic rings. The molecular formula is C17H32N2O5. The molecule has 0 saturated carbocycles. The van der Waals surface area contributed by atoms with Gasteiger partial charge in [-0.1, -0.05) is 19.9 Å². The van der Waals surface area contributed by atoms with E-state index in [0.717, 1.165) is 38.5 Å². The van der Waals surface area contributed by atoms with Gasteiger partial charge in [-0.3, -0.25) is 0 Å². The summed E-state index contributed by atoms with van der Waals surface area (Å²) in [5.74, 6) is 0. The molecule has 140 valence electrons. The topological polar surface area (TPSA) is 108 Å². The number of unbranched alkanes of at least 4 members (excludes halogenated alkanes) is 2. The van der Waals surface area contributed by atoms with Gasteiger partial charge in [0.2, 0.25) is 0 Å². The third-order valence-electron chi connectivity index (χ3n) is 4.72. The highest BCUT2D eigenvalue weighted by Gasteiger charge is 2.41.